The van der Waals surface area contributed by atoms with Crippen LogP contribution >= 0.6 is 0 Å². The standard InChI is InChI=1S/C20H23O.ClH.Hg/c1-2-19-13-14-20(21-19,15-17-9-5-3-6-10-17)16-18-11-7-4-8-12-18;;/h2-12,19H,13-16H2,1H3;1H;/q;;+1/p-1/t19-;;/m0../s1. The Hall–Kier alpha value is -0.375. The second-order valence-electron chi connectivity index (χ2n) is 6.04. The van der Waals surface area contributed by atoms with E-state index in [1.54, 1.807) is 0 Å². The molecule has 0 bridgehead atoms. The summed E-state index contributed by atoms with van der Waals surface area (Å²) in [5.74, 6) is 0. The molecule has 1 saturated heterocycles. The van der Waals surface area contributed by atoms with E-state index in [0.717, 1.165) is 25.7 Å². The Labute approximate surface area is 166 Å². The van der Waals surface area contributed by atoms with Crippen molar-refractivity contribution in [1.82, 2.24) is 0 Å². The van der Waals surface area contributed by atoms with Crippen LogP contribution in [0.2, 0.25) is 0 Å². The van der Waals surface area contributed by atoms with Crippen molar-refractivity contribution in [3.63, 3.8) is 0 Å². The molecule has 1 aliphatic rings. The molecular formula is C20H23ClHgO. The summed E-state index contributed by atoms with van der Waals surface area (Å²) in [4.78, 5) is 0. The molecule has 1 heterocycles. The molecule has 0 saturated carbocycles. The van der Waals surface area contributed by atoms with Crippen LogP contribution in [-0.2, 0) is 45.2 Å². The van der Waals surface area contributed by atoms with E-state index in [9.17, 15) is 0 Å². The second-order valence-corrected chi connectivity index (χ2v) is 6.04. The number of halogens is 1. The largest absolute Gasteiger partial charge is 1.00 e. The fourth-order valence-electron chi connectivity index (χ4n) is 3.34. The van der Waals surface area contributed by atoms with Crippen molar-refractivity contribution in [2.75, 3.05) is 0 Å². The molecule has 0 aromatic heterocycles. The van der Waals surface area contributed by atoms with Gasteiger partial charge >= 0.3 is 27.7 Å². The first-order chi connectivity index (χ1) is 10.3. The van der Waals surface area contributed by atoms with Crippen LogP contribution in [0, 0.1) is 6.42 Å². The Bertz CT molecular complexity index is 517. The predicted octanol–water partition coefficient (Wildman–Crippen LogP) is 1.62. The Kier molecular flexibility index (Phi) is 8.81. The van der Waals surface area contributed by atoms with Gasteiger partial charge in [-0.05, 0) is 30.4 Å². The van der Waals surface area contributed by atoms with Crippen LogP contribution < -0.4 is 12.4 Å². The summed E-state index contributed by atoms with van der Waals surface area (Å²) < 4.78 is 6.45. The summed E-state index contributed by atoms with van der Waals surface area (Å²) in [5, 5.41) is 0. The zero-order chi connectivity index (χ0) is 14.5. The Morgan fingerprint density at radius 2 is 1.43 bits per heavy atom. The van der Waals surface area contributed by atoms with Crippen molar-refractivity contribution in [3.05, 3.63) is 78.2 Å². The number of rotatable bonds is 5. The topological polar surface area (TPSA) is 9.23 Å². The Balaban J connectivity index is 0.00000132. The van der Waals surface area contributed by atoms with Crippen molar-refractivity contribution >= 4 is 0 Å². The molecule has 0 aliphatic carbocycles. The maximum absolute atomic E-state index is 6.45. The first-order valence-electron chi connectivity index (χ1n) is 7.85. The van der Waals surface area contributed by atoms with Gasteiger partial charge < -0.3 is 17.1 Å². The van der Waals surface area contributed by atoms with Crippen LogP contribution in [0.5, 0.6) is 0 Å². The van der Waals surface area contributed by atoms with Crippen molar-refractivity contribution in [1.29, 1.82) is 0 Å². The van der Waals surface area contributed by atoms with E-state index < -0.39 is 0 Å². The van der Waals surface area contributed by atoms with Gasteiger partial charge in [0.2, 0.25) is 0 Å². The molecule has 3 heteroatoms. The maximum atomic E-state index is 6.45. The molecule has 3 rings (SSSR count). The minimum absolute atomic E-state index is 0. The average molecular weight is 515 g/mol. The SMILES string of the molecule is C[CH][C@H]1CCC(Cc2ccccc2)(Cc2ccccc2)O1.[Cl-].[Hg+]. The van der Waals surface area contributed by atoms with Gasteiger partial charge in [0.25, 0.3) is 0 Å². The minimum Gasteiger partial charge on any atom is -1.00 e. The first-order valence-corrected chi connectivity index (χ1v) is 7.85. The molecule has 118 valence electrons. The van der Waals surface area contributed by atoms with Crippen molar-refractivity contribution in [3.8, 4) is 0 Å². The Morgan fingerprint density at radius 1 is 0.957 bits per heavy atom. The number of ether oxygens (including phenoxy) is 1. The van der Waals surface area contributed by atoms with Crippen LogP contribution in [-0.4, -0.2) is 11.7 Å². The number of hydrogen-bond donors (Lipinski definition) is 0. The van der Waals surface area contributed by atoms with Gasteiger partial charge in [0.05, 0.1) is 11.7 Å². The normalized spacial score (nSPS) is 18.7. The van der Waals surface area contributed by atoms with Gasteiger partial charge in [-0.2, -0.15) is 0 Å². The molecule has 1 atom stereocenters. The maximum Gasteiger partial charge on any atom is 1.00 e. The average Bonchev–Trinajstić information content (AvgIpc) is 2.92. The molecule has 0 unspecified atom stereocenters. The molecular weight excluding hydrogens is 492 g/mol. The zero-order valence-corrected chi connectivity index (χ0v) is 20.0. The van der Waals surface area contributed by atoms with Gasteiger partial charge in [0, 0.05) is 12.8 Å². The summed E-state index contributed by atoms with van der Waals surface area (Å²) in [6.45, 7) is 2.10. The monoisotopic (exact) mass is 516 g/mol. The molecule has 2 radical (unpaired) electrons. The van der Waals surface area contributed by atoms with E-state index in [1.165, 1.54) is 11.1 Å². The van der Waals surface area contributed by atoms with Gasteiger partial charge in [-0.25, -0.2) is 0 Å². The molecule has 0 spiro atoms. The minimum atomic E-state index is -0.0557. The van der Waals surface area contributed by atoms with Crippen molar-refractivity contribution in [2.24, 2.45) is 0 Å². The molecule has 1 fully saturated rings. The fraction of sp³-hybridized carbons (Fsp3) is 0.350. The van der Waals surface area contributed by atoms with E-state index >= 15 is 0 Å². The van der Waals surface area contributed by atoms with Gasteiger partial charge in [-0.1, -0.05) is 67.6 Å². The molecule has 2 aromatic rings. The number of benzene rings is 2. The third kappa shape index (κ3) is 5.58. The van der Waals surface area contributed by atoms with E-state index in [1.807, 2.05) is 0 Å². The fourth-order valence-corrected chi connectivity index (χ4v) is 3.34. The van der Waals surface area contributed by atoms with Gasteiger partial charge in [0.1, 0.15) is 0 Å². The summed E-state index contributed by atoms with van der Waals surface area (Å²) in [6, 6.07) is 21.4. The predicted molar refractivity (Wildman–Crippen MR) is 87.1 cm³/mol. The van der Waals surface area contributed by atoms with Crippen LogP contribution in [0.4, 0.5) is 0 Å². The summed E-state index contributed by atoms with van der Waals surface area (Å²) in [5.41, 5.74) is 2.68. The summed E-state index contributed by atoms with van der Waals surface area (Å²) in [6.07, 6.45) is 6.75. The van der Waals surface area contributed by atoms with Crippen molar-refractivity contribution in [2.45, 2.75) is 44.3 Å². The van der Waals surface area contributed by atoms with E-state index in [2.05, 4.69) is 74.0 Å². The second kappa shape index (κ2) is 9.81. The summed E-state index contributed by atoms with van der Waals surface area (Å²) in [7, 11) is 0. The van der Waals surface area contributed by atoms with Gasteiger partial charge in [-0.3, -0.25) is 0 Å². The Morgan fingerprint density at radius 3 is 1.83 bits per heavy atom. The third-order valence-corrected chi connectivity index (χ3v) is 4.40. The van der Waals surface area contributed by atoms with E-state index in [4.69, 9.17) is 4.74 Å². The molecule has 2 aromatic carbocycles. The van der Waals surface area contributed by atoms with Crippen LogP contribution in [0.1, 0.15) is 30.9 Å². The van der Waals surface area contributed by atoms with Crippen LogP contribution in [0.3, 0.4) is 0 Å². The zero-order valence-electron chi connectivity index (χ0n) is 13.7. The van der Waals surface area contributed by atoms with E-state index in [-0.39, 0.29) is 45.7 Å². The quantitative estimate of drug-likeness (QED) is 0.551. The van der Waals surface area contributed by atoms with Crippen molar-refractivity contribution < 1.29 is 44.8 Å². The number of hydrogen-bond acceptors (Lipinski definition) is 1. The molecule has 0 amide bonds. The molecule has 23 heavy (non-hydrogen) atoms. The molecule has 1 nitrogen and oxygen atoms in total. The summed E-state index contributed by atoms with van der Waals surface area (Å²) >= 11 is 0. The third-order valence-electron chi connectivity index (χ3n) is 4.40. The smallest absolute Gasteiger partial charge is 1.00 e. The first kappa shape index (κ1) is 20.7. The molecule has 0 N–H and O–H groups in total. The van der Waals surface area contributed by atoms with Crippen LogP contribution in [0.15, 0.2) is 60.7 Å². The van der Waals surface area contributed by atoms with Gasteiger partial charge in [-0.15, -0.1) is 0 Å². The van der Waals surface area contributed by atoms with E-state index in [0.29, 0.717) is 6.10 Å². The van der Waals surface area contributed by atoms with Crippen LogP contribution in [0.25, 0.3) is 0 Å². The van der Waals surface area contributed by atoms with Gasteiger partial charge in [0.15, 0.2) is 0 Å². The molecule has 1 aliphatic heterocycles.